The Balaban J connectivity index is 1.63. The average Bonchev–Trinajstić information content (AvgIpc) is 2.81. The topological polar surface area (TPSA) is 78.5 Å². The summed E-state index contributed by atoms with van der Waals surface area (Å²) < 4.78 is 0. The van der Waals surface area contributed by atoms with Crippen molar-refractivity contribution in [2.45, 2.75) is 32.1 Å². The largest absolute Gasteiger partial charge is 0.355 e. The number of likely N-dealkylation sites (tertiary alicyclic amines) is 1. The number of halogens is 1. The van der Waals surface area contributed by atoms with Gasteiger partial charge < -0.3 is 15.5 Å². The molecule has 1 aromatic carbocycles. The molecule has 0 aliphatic carbocycles. The van der Waals surface area contributed by atoms with E-state index in [4.69, 9.17) is 11.6 Å². The van der Waals surface area contributed by atoms with Gasteiger partial charge in [0.25, 0.3) is 5.91 Å². The summed E-state index contributed by atoms with van der Waals surface area (Å²) >= 11 is 5.94. The lowest BCUT2D eigenvalue weighted by atomic mass is 10.2. The molecule has 0 spiro atoms. The Hall–Kier alpha value is -2.08. The maximum absolute atomic E-state index is 12.0. The molecule has 136 valence electrons. The monoisotopic (exact) mass is 365 g/mol. The Morgan fingerprint density at radius 1 is 1.12 bits per heavy atom. The van der Waals surface area contributed by atoms with Crippen molar-refractivity contribution in [1.29, 1.82) is 0 Å². The van der Waals surface area contributed by atoms with Gasteiger partial charge in [-0.1, -0.05) is 30.2 Å². The predicted molar refractivity (Wildman–Crippen MR) is 96.5 cm³/mol. The van der Waals surface area contributed by atoms with E-state index < -0.39 is 0 Å². The van der Waals surface area contributed by atoms with E-state index in [1.54, 1.807) is 24.3 Å². The Morgan fingerprint density at radius 2 is 1.92 bits per heavy atom. The highest BCUT2D eigenvalue weighted by Gasteiger charge is 2.16. The fourth-order valence-corrected chi connectivity index (χ4v) is 2.96. The van der Waals surface area contributed by atoms with Gasteiger partial charge in [-0.2, -0.15) is 0 Å². The average molecular weight is 366 g/mol. The fraction of sp³-hybridized carbons (Fsp3) is 0.500. The van der Waals surface area contributed by atoms with Crippen LogP contribution in [-0.4, -0.2) is 48.8 Å². The van der Waals surface area contributed by atoms with Crippen LogP contribution in [0.1, 0.15) is 42.5 Å². The summed E-state index contributed by atoms with van der Waals surface area (Å²) in [5, 5.41) is 5.64. The Labute approximate surface area is 152 Å². The van der Waals surface area contributed by atoms with E-state index in [0.29, 0.717) is 36.5 Å². The quantitative estimate of drug-likeness (QED) is 0.725. The molecule has 2 N–H and O–H groups in total. The smallest absolute Gasteiger partial charge is 0.253 e. The van der Waals surface area contributed by atoms with E-state index in [-0.39, 0.29) is 24.3 Å². The van der Waals surface area contributed by atoms with Gasteiger partial charge in [0.1, 0.15) is 0 Å². The molecule has 1 heterocycles. The number of carbonyl (C=O) groups is 3. The molecule has 0 radical (unpaired) electrons. The molecule has 0 atom stereocenters. The first-order valence-electron chi connectivity index (χ1n) is 8.65. The second kappa shape index (κ2) is 10.0. The van der Waals surface area contributed by atoms with E-state index in [1.165, 1.54) is 0 Å². The number of rotatable bonds is 7. The lowest BCUT2D eigenvalue weighted by molar-refractivity contribution is -0.130. The van der Waals surface area contributed by atoms with Crippen LogP contribution in [0.4, 0.5) is 0 Å². The van der Waals surface area contributed by atoms with Crippen molar-refractivity contribution < 1.29 is 14.4 Å². The van der Waals surface area contributed by atoms with Crippen molar-refractivity contribution >= 4 is 29.3 Å². The molecule has 0 aromatic heterocycles. The zero-order chi connectivity index (χ0) is 18.1. The van der Waals surface area contributed by atoms with Crippen molar-refractivity contribution in [1.82, 2.24) is 15.5 Å². The van der Waals surface area contributed by atoms with Gasteiger partial charge >= 0.3 is 0 Å². The van der Waals surface area contributed by atoms with Crippen LogP contribution in [-0.2, 0) is 9.59 Å². The Bertz CT molecular complexity index is 621. The summed E-state index contributed by atoms with van der Waals surface area (Å²) in [7, 11) is 0. The number of hydrogen-bond donors (Lipinski definition) is 2. The number of carbonyl (C=O) groups excluding carboxylic acids is 3. The minimum absolute atomic E-state index is 0.104. The zero-order valence-corrected chi connectivity index (χ0v) is 15.0. The zero-order valence-electron chi connectivity index (χ0n) is 14.2. The van der Waals surface area contributed by atoms with E-state index in [9.17, 15) is 14.4 Å². The highest BCUT2D eigenvalue weighted by atomic mass is 35.5. The van der Waals surface area contributed by atoms with Gasteiger partial charge in [0.15, 0.2) is 0 Å². The van der Waals surface area contributed by atoms with Crippen LogP contribution < -0.4 is 10.6 Å². The summed E-state index contributed by atoms with van der Waals surface area (Å²) in [6.45, 7) is 1.84. The van der Waals surface area contributed by atoms with Crippen LogP contribution in [0.5, 0.6) is 0 Å². The van der Waals surface area contributed by atoms with Gasteiger partial charge in [-0.15, -0.1) is 0 Å². The molecule has 25 heavy (non-hydrogen) atoms. The van der Waals surface area contributed by atoms with Crippen LogP contribution in [0.25, 0.3) is 0 Å². The molecule has 1 aliphatic heterocycles. The van der Waals surface area contributed by atoms with Gasteiger partial charge in [0.05, 0.1) is 17.1 Å². The molecule has 6 nitrogen and oxygen atoms in total. The third kappa shape index (κ3) is 6.38. The summed E-state index contributed by atoms with van der Waals surface area (Å²) in [6, 6.07) is 6.68. The molecule has 7 heteroatoms. The van der Waals surface area contributed by atoms with Crippen LogP contribution in [0, 0.1) is 0 Å². The Morgan fingerprint density at radius 3 is 2.72 bits per heavy atom. The van der Waals surface area contributed by atoms with Crippen molar-refractivity contribution in [2.75, 3.05) is 26.2 Å². The fourth-order valence-electron chi connectivity index (χ4n) is 2.74. The summed E-state index contributed by atoms with van der Waals surface area (Å²) in [6.07, 6.45) is 4.45. The standard InChI is InChI=1S/C18H24ClN3O3/c19-15-8-4-3-7-14(15)18(25)21-13-16(23)20-10-6-12-22-11-5-1-2-9-17(22)24/h3-4,7-8H,1-2,5-6,9-13H2,(H,20,23)(H,21,25). The van der Waals surface area contributed by atoms with Crippen LogP contribution in [0.3, 0.4) is 0 Å². The molecular formula is C18H24ClN3O3. The predicted octanol–water partition coefficient (Wildman–Crippen LogP) is 1.98. The molecule has 3 amide bonds. The van der Waals surface area contributed by atoms with Gasteiger partial charge in [0.2, 0.25) is 11.8 Å². The summed E-state index contributed by atoms with van der Waals surface area (Å²) in [4.78, 5) is 37.5. The van der Waals surface area contributed by atoms with Gasteiger partial charge in [-0.25, -0.2) is 0 Å². The third-order valence-corrected chi connectivity index (χ3v) is 4.46. The maximum atomic E-state index is 12.0. The molecule has 1 saturated heterocycles. The Kier molecular flexibility index (Phi) is 7.73. The van der Waals surface area contributed by atoms with Crippen molar-refractivity contribution in [3.8, 4) is 0 Å². The highest BCUT2D eigenvalue weighted by molar-refractivity contribution is 6.33. The maximum Gasteiger partial charge on any atom is 0.253 e. The number of benzene rings is 1. The van der Waals surface area contributed by atoms with Gasteiger partial charge in [-0.05, 0) is 31.4 Å². The van der Waals surface area contributed by atoms with Crippen LogP contribution in [0.15, 0.2) is 24.3 Å². The first-order chi connectivity index (χ1) is 12.1. The molecule has 1 aromatic rings. The molecule has 0 bridgehead atoms. The van der Waals surface area contributed by atoms with Gasteiger partial charge in [-0.3, -0.25) is 14.4 Å². The summed E-state index contributed by atoms with van der Waals surface area (Å²) in [5.41, 5.74) is 0.344. The third-order valence-electron chi connectivity index (χ3n) is 4.13. The minimum atomic E-state index is -0.379. The molecule has 1 fully saturated rings. The van der Waals surface area contributed by atoms with Crippen molar-refractivity contribution in [3.05, 3.63) is 34.9 Å². The van der Waals surface area contributed by atoms with E-state index in [0.717, 1.165) is 25.8 Å². The highest BCUT2D eigenvalue weighted by Crippen LogP contribution is 2.14. The van der Waals surface area contributed by atoms with Crippen LogP contribution >= 0.6 is 11.6 Å². The van der Waals surface area contributed by atoms with Gasteiger partial charge in [0, 0.05) is 26.1 Å². The first kappa shape index (κ1) is 19.2. The lowest BCUT2D eigenvalue weighted by Crippen LogP contribution is -2.38. The van der Waals surface area contributed by atoms with Crippen molar-refractivity contribution in [2.24, 2.45) is 0 Å². The molecule has 0 unspecified atom stereocenters. The number of amides is 3. The van der Waals surface area contributed by atoms with Crippen molar-refractivity contribution in [3.63, 3.8) is 0 Å². The minimum Gasteiger partial charge on any atom is -0.355 e. The van der Waals surface area contributed by atoms with E-state index >= 15 is 0 Å². The lowest BCUT2D eigenvalue weighted by Gasteiger charge is -2.20. The molecule has 2 rings (SSSR count). The second-order valence-corrected chi connectivity index (χ2v) is 6.46. The SMILES string of the molecule is O=C(CNC(=O)c1ccccc1Cl)NCCCN1CCCCCC1=O. The summed E-state index contributed by atoms with van der Waals surface area (Å²) in [5.74, 6) is -0.436. The number of nitrogens with one attached hydrogen (secondary N) is 2. The van der Waals surface area contributed by atoms with E-state index in [2.05, 4.69) is 10.6 Å². The molecule has 1 aliphatic rings. The van der Waals surface area contributed by atoms with Crippen LogP contribution in [0.2, 0.25) is 5.02 Å². The first-order valence-corrected chi connectivity index (χ1v) is 9.03. The second-order valence-electron chi connectivity index (χ2n) is 6.06. The molecule has 0 saturated carbocycles. The normalized spacial score (nSPS) is 14.8. The molecular weight excluding hydrogens is 342 g/mol. The van der Waals surface area contributed by atoms with E-state index in [1.807, 2.05) is 4.90 Å². The number of nitrogens with zero attached hydrogens (tertiary/aromatic N) is 1. The number of hydrogen-bond acceptors (Lipinski definition) is 3.